The summed E-state index contributed by atoms with van der Waals surface area (Å²) in [6.45, 7) is 6.01. The van der Waals surface area contributed by atoms with Crippen molar-refractivity contribution in [2.24, 2.45) is 0 Å². The van der Waals surface area contributed by atoms with Crippen molar-refractivity contribution < 1.29 is 4.74 Å². The van der Waals surface area contributed by atoms with Gasteiger partial charge in [-0.15, -0.1) is 0 Å². The number of piperidine rings is 1. The molecular formula is C18H30N4O. The Bertz CT molecular complexity index is 496. The summed E-state index contributed by atoms with van der Waals surface area (Å²) in [5.41, 5.74) is 9.55. The molecule has 0 amide bonds. The summed E-state index contributed by atoms with van der Waals surface area (Å²) in [6, 6.07) is 6.43. The van der Waals surface area contributed by atoms with Crippen molar-refractivity contribution in [1.82, 2.24) is 5.32 Å². The van der Waals surface area contributed by atoms with Crippen LogP contribution in [0.5, 0.6) is 0 Å². The first-order valence-electron chi connectivity index (χ1n) is 8.92. The lowest BCUT2D eigenvalue weighted by molar-refractivity contribution is 0.0250. The van der Waals surface area contributed by atoms with E-state index in [1.807, 2.05) is 0 Å². The summed E-state index contributed by atoms with van der Waals surface area (Å²) in [6.07, 6.45) is 5.26. The zero-order chi connectivity index (χ0) is 16.1. The SMILES string of the molecule is CN(CCC1CNCCO1)c1ccc(N)c(N2CCCCC2)c1. The van der Waals surface area contributed by atoms with Gasteiger partial charge in [-0.1, -0.05) is 0 Å². The summed E-state index contributed by atoms with van der Waals surface area (Å²) in [7, 11) is 2.15. The number of hydrogen-bond acceptors (Lipinski definition) is 5. The highest BCUT2D eigenvalue weighted by Crippen LogP contribution is 2.30. The number of benzene rings is 1. The third-order valence-corrected chi connectivity index (χ3v) is 4.94. The van der Waals surface area contributed by atoms with Crippen LogP contribution in [0.1, 0.15) is 25.7 Å². The molecule has 2 saturated heterocycles. The van der Waals surface area contributed by atoms with Gasteiger partial charge in [0, 0.05) is 45.5 Å². The molecule has 1 atom stereocenters. The number of nitrogens with two attached hydrogens (primary N) is 1. The molecule has 5 nitrogen and oxygen atoms in total. The fourth-order valence-electron chi connectivity index (χ4n) is 3.45. The first kappa shape index (κ1) is 16.4. The van der Waals surface area contributed by atoms with Crippen LogP contribution in [0.4, 0.5) is 17.1 Å². The van der Waals surface area contributed by atoms with E-state index in [2.05, 4.69) is 40.4 Å². The largest absolute Gasteiger partial charge is 0.397 e. The Labute approximate surface area is 139 Å². The van der Waals surface area contributed by atoms with Crippen LogP contribution in [0.2, 0.25) is 0 Å². The Morgan fingerprint density at radius 2 is 2.13 bits per heavy atom. The molecule has 0 bridgehead atoms. The minimum atomic E-state index is 0.335. The molecule has 3 N–H and O–H groups in total. The molecule has 0 saturated carbocycles. The van der Waals surface area contributed by atoms with Crippen LogP contribution in [0.15, 0.2) is 18.2 Å². The van der Waals surface area contributed by atoms with E-state index >= 15 is 0 Å². The molecule has 0 radical (unpaired) electrons. The minimum absolute atomic E-state index is 0.335. The number of nitrogens with one attached hydrogen (secondary N) is 1. The smallest absolute Gasteiger partial charge is 0.0716 e. The van der Waals surface area contributed by atoms with Gasteiger partial charge < -0.3 is 25.6 Å². The predicted octanol–water partition coefficient (Wildman–Crippen LogP) is 2.07. The maximum atomic E-state index is 6.22. The van der Waals surface area contributed by atoms with Gasteiger partial charge in [-0.05, 0) is 43.9 Å². The van der Waals surface area contributed by atoms with E-state index in [1.165, 1.54) is 30.6 Å². The summed E-state index contributed by atoms with van der Waals surface area (Å²) < 4.78 is 5.78. The molecule has 1 aromatic carbocycles. The molecule has 2 aliphatic heterocycles. The fraction of sp³-hybridized carbons (Fsp3) is 0.667. The minimum Gasteiger partial charge on any atom is -0.397 e. The van der Waals surface area contributed by atoms with Gasteiger partial charge in [0.2, 0.25) is 0 Å². The van der Waals surface area contributed by atoms with Gasteiger partial charge in [0.1, 0.15) is 0 Å². The van der Waals surface area contributed by atoms with Gasteiger partial charge in [-0.3, -0.25) is 0 Å². The maximum Gasteiger partial charge on any atom is 0.0716 e. The van der Waals surface area contributed by atoms with E-state index < -0.39 is 0 Å². The van der Waals surface area contributed by atoms with Gasteiger partial charge in [0.05, 0.1) is 24.1 Å². The van der Waals surface area contributed by atoms with E-state index in [1.54, 1.807) is 0 Å². The van der Waals surface area contributed by atoms with Gasteiger partial charge in [-0.25, -0.2) is 0 Å². The highest BCUT2D eigenvalue weighted by atomic mass is 16.5. The topological polar surface area (TPSA) is 53.8 Å². The number of nitrogen functional groups attached to an aromatic ring is 1. The number of anilines is 3. The third kappa shape index (κ3) is 4.30. The second-order valence-corrected chi connectivity index (χ2v) is 6.70. The molecule has 128 valence electrons. The zero-order valence-electron chi connectivity index (χ0n) is 14.3. The van der Waals surface area contributed by atoms with Crippen LogP contribution in [0, 0.1) is 0 Å². The van der Waals surface area contributed by atoms with Crippen LogP contribution in [0.3, 0.4) is 0 Å². The maximum absolute atomic E-state index is 6.22. The van der Waals surface area contributed by atoms with Gasteiger partial charge in [-0.2, -0.15) is 0 Å². The monoisotopic (exact) mass is 318 g/mol. The zero-order valence-corrected chi connectivity index (χ0v) is 14.3. The lowest BCUT2D eigenvalue weighted by atomic mass is 10.1. The van der Waals surface area contributed by atoms with Gasteiger partial charge >= 0.3 is 0 Å². The van der Waals surface area contributed by atoms with Crippen molar-refractivity contribution in [3.8, 4) is 0 Å². The van der Waals surface area contributed by atoms with E-state index in [0.29, 0.717) is 6.10 Å². The highest BCUT2D eigenvalue weighted by molar-refractivity contribution is 5.73. The molecular weight excluding hydrogens is 288 g/mol. The van der Waals surface area contributed by atoms with E-state index in [4.69, 9.17) is 10.5 Å². The molecule has 3 rings (SSSR count). The van der Waals surface area contributed by atoms with Crippen LogP contribution in [0.25, 0.3) is 0 Å². The number of rotatable bonds is 5. The Hall–Kier alpha value is -1.46. The Morgan fingerprint density at radius 1 is 1.30 bits per heavy atom. The fourth-order valence-corrected chi connectivity index (χ4v) is 3.45. The van der Waals surface area contributed by atoms with Crippen molar-refractivity contribution in [2.75, 3.05) is 61.9 Å². The first-order chi connectivity index (χ1) is 11.2. The molecule has 0 aromatic heterocycles. The Morgan fingerprint density at radius 3 is 2.87 bits per heavy atom. The van der Waals surface area contributed by atoms with Crippen molar-refractivity contribution >= 4 is 17.1 Å². The molecule has 5 heteroatoms. The number of nitrogens with zero attached hydrogens (tertiary/aromatic N) is 2. The molecule has 2 heterocycles. The average molecular weight is 318 g/mol. The van der Waals surface area contributed by atoms with Gasteiger partial charge in [0.25, 0.3) is 0 Å². The molecule has 1 aromatic rings. The summed E-state index contributed by atoms with van der Waals surface area (Å²) in [5, 5.41) is 3.39. The quantitative estimate of drug-likeness (QED) is 0.814. The first-order valence-corrected chi connectivity index (χ1v) is 8.92. The highest BCUT2D eigenvalue weighted by Gasteiger charge is 2.17. The summed E-state index contributed by atoms with van der Waals surface area (Å²) in [5.74, 6) is 0. The molecule has 23 heavy (non-hydrogen) atoms. The average Bonchev–Trinajstić information content (AvgIpc) is 2.62. The third-order valence-electron chi connectivity index (χ3n) is 4.94. The predicted molar refractivity (Wildman–Crippen MR) is 97.4 cm³/mol. The molecule has 2 fully saturated rings. The van der Waals surface area contributed by atoms with E-state index in [9.17, 15) is 0 Å². The second-order valence-electron chi connectivity index (χ2n) is 6.70. The van der Waals surface area contributed by atoms with Gasteiger partial charge in [0.15, 0.2) is 0 Å². The van der Waals surface area contributed by atoms with Crippen LogP contribution < -0.4 is 20.9 Å². The van der Waals surface area contributed by atoms with E-state index in [0.717, 1.165) is 51.4 Å². The summed E-state index contributed by atoms with van der Waals surface area (Å²) >= 11 is 0. The van der Waals surface area contributed by atoms with Crippen molar-refractivity contribution in [1.29, 1.82) is 0 Å². The summed E-state index contributed by atoms with van der Waals surface area (Å²) in [4.78, 5) is 4.75. The molecule has 0 spiro atoms. The van der Waals surface area contributed by atoms with Crippen molar-refractivity contribution in [3.05, 3.63) is 18.2 Å². The molecule has 0 aliphatic carbocycles. The molecule has 1 unspecified atom stereocenters. The van der Waals surface area contributed by atoms with Crippen LogP contribution in [-0.2, 0) is 4.74 Å². The number of ether oxygens (including phenoxy) is 1. The van der Waals surface area contributed by atoms with Crippen molar-refractivity contribution in [3.63, 3.8) is 0 Å². The normalized spacial score (nSPS) is 22.1. The van der Waals surface area contributed by atoms with E-state index in [-0.39, 0.29) is 0 Å². The lowest BCUT2D eigenvalue weighted by Gasteiger charge is -2.31. The van der Waals surface area contributed by atoms with Crippen LogP contribution >= 0.6 is 0 Å². The number of hydrogen-bond donors (Lipinski definition) is 2. The second kappa shape index (κ2) is 7.88. The Kier molecular flexibility index (Phi) is 5.62. The standard InChI is InChI=1S/C18H30N4O/c1-21(11-7-16-14-20-8-12-23-16)15-5-6-17(19)18(13-15)22-9-3-2-4-10-22/h5-6,13,16,20H,2-4,7-12,14,19H2,1H3. The number of morpholine rings is 1. The molecule has 2 aliphatic rings. The van der Waals surface area contributed by atoms with Crippen LogP contribution in [-0.4, -0.2) is 52.5 Å². The lowest BCUT2D eigenvalue weighted by Crippen LogP contribution is -2.40. The van der Waals surface area contributed by atoms with Crippen molar-refractivity contribution in [2.45, 2.75) is 31.8 Å². The Balaban J connectivity index is 1.61.